The van der Waals surface area contributed by atoms with E-state index in [2.05, 4.69) is 15.2 Å². The van der Waals surface area contributed by atoms with Gasteiger partial charge in [0.25, 0.3) is 0 Å². The predicted octanol–water partition coefficient (Wildman–Crippen LogP) is 3.80. The summed E-state index contributed by atoms with van der Waals surface area (Å²) in [6, 6.07) is 12.4. The first-order valence-corrected chi connectivity index (χ1v) is 10.9. The Morgan fingerprint density at radius 2 is 2.00 bits per heavy atom. The molecule has 3 heterocycles. The molecular formula is C21H20ClN5O2S. The second-order valence-electron chi connectivity index (χ2n) is 6.97. The number of likely N-dealkylation sites (tertiary alicyclic amines) is 1. The van der Waals surface area contributed by atoms with Gasteiger partial charge < -0.3 is 4.90 Å². The van der Waals surface area contributed by atoms with Gasteiger partial charge in [0.05, 0.1) is 11.8 Å². The molecule has 2 aromatic heterocycles. The molecule has 0 bridgehead atoms. The molecule has 1 aromatic carbocycles. The van der Waals surface area contributed by atoms with Gasteiger partial charge in [-0.2, -0.15) is 0 Å². The standard InChI is InChI=1S/C21H20ClN5O2S/c1-14(20(29)15-7-9-16(22)10-8-15)30-21-25-24-18(13-26-12-4-6-19(26)28)27(21)17-5-2-3-11-23-17/h2-3,5,7-11,14H,4,6,12-13H2,1H3. The highest BCUT2D eigenvalue weighted by molar-refractivity contribution is 8.00. The molecule has 7 nitrogen and oxygen atoms in total. The Morgan fingerprint density at radius 3 is 2.67 bits per heavy atom. The molecule has 1 saturated heterocycles. The van der Waals surface area contributed by atoms with Crippen molar-refractivity contribution in [2.24, 2.45) is 0 Å². The van der Waals surface area contributed by atoms with Crippen molar-refractivity contribution in [1.29, 1.82) is 0 Å². The molecule has 1 unspecified atom stereocenters. The molecular weight excluding hydrogens is 422 g/mol. The van der Waals surface area contributed by atoms with Crippen LogP contribution in [0.3, 0.4) is 0 Å². The number of rotatable bonds is 7. The van der Waals surface area contributed by atoms with Gasteiger partial charge in [-0.1, -0.05) is 29.4 Å². The number of nitrogens with zero attached hydrogens (tertiary/aromatic N) is 5. The highest BCUT2D eigenvalue weighted by Gasteiger charge is 2.26. The smallest absolute Gasteiger partial charge is 0.223 e. The van der Waals surface area contributed by atoms with E-state index in [0.29, 0.717) is 46.9 Å². The summed E-state index contributed by atoms with van der Waals surface area (Å²) in [4.78, 5) is 31.1. The summed E-state index contributed by atoms with van der Waals surface area (Å²) in [7, 11) is 0. The Labute approximate surface area is 183 Å². The summed E-state index contributed by atoms with van der Waals surface area (Å²) in [5, 5.41) is 9.39. The minimum absolute atomic E-state index is 0.0245. The van der Waals surface area contributed by atoms with Crippen LogP contribution in [-0.2, 0) is 11.3 Å². The van der Waals surface area contributed by atoms with Crippen LogP contribution >= 0.6 is 23.4 Å². The van der Waals surface area contributed by atoms with Crippen LogP contribution < -0.4 is 0 Å². The molecule has 0 radical (unpaired) electrons. The van der Waals surface area contributed by atoms with Gasteiger partial charge in [0.1, 0.15) is 5.82 Å². The molecule has 0 saturated carbocycles. The average molecular weight is 442 g/mol. The van der Waals surface area contributed by atoms with E-state index in [1.807, 2.05) is 29.7 Å². The van der Waals surface area contributed by atoms with Crippen LogP contribution in [0.4, 0.5) is 0 Å². The number of halogens is 1. The molecule has 9 heteroatoms. The Balaban J connectivity index is 1.61. The molecule has 3 aromatic rings. The van der Waals surface area contributed by atoms with Gasteiger partial charge in [0.2, 0.25) is 5.91 Å². The van der Waals surface area contributed by atoms with E-state index < -0.39 is 0 Å². The number of thioether (sulfide) groups is 1. The highest BCUT2D eigenvalue weighted by atomic mass is 35.5. The van der Waals surface area contributed by atoms with Crippen LogP contribution in [0.25, 0.3) is 5.82 Å². The third kappa shape index (κ3) is 4.39. The van der Waals surface area contributed by atoms with E-state index in [-0.39, 0.29) is 16.9 Å². The second kappa shape index (κ2) is 8.97. The van der Waals surface area contributed by atoms with Crippen LogP contribution in [0.2, 0.25) is 5.02 Å². The third-order valence-electron chi connectivity index (χ3n) is 4.86. The summed E-state index contributed by atoms with van der Waals surface area (Å²) in [6.07, 6.45) is 3.10. The predicted molar refractivity (Wildman–Crippen MR) is 115 cm³/mol. The van der Waals surface area contributed by atoms with Crippen molar-refractivity contribution < 1.29 is 9.59 Å². The molecule has 30 heavy (non-hydrogen) atoms. The maximum atomic E-state index is 12.8. The van der Waals surface area contributed by atoms with Gasteiger partial charge >= 0.3 is 0 Å². The van der Waals surface area contributed by atoms with Gasteiger partial charge in [-0.3, -0.25) is 14.2 Å². The molecule has 1 atom stereocenters. The van der Waals surface area contributed by atoms with Crippen molar-refractivity contribution in [2.45, 2.75) is 36.7 Å². The van der Waals surface area contributed by atoms with E-state index in [0.717, 1.165) is 6.42 Å². The lowest BCUT2D eigenvalue weighted by Gasteiger charge is -2.16. The lowest BCUT2D eigenvalue weighted by atomic mass is 10.1. The van der Waals surface area contributed by atoms with Crippen LogP contribution in [0, 0.1) is 0 Å². The van der Waals surface area contributed by atoms with Crippen molar-refractivity contribution >= 4 is 35.1 Å². The summed E-state index contributed by atoms with van der Waals surface area (Å²) < 4.78 is 1.82. The number of amides is 1. The number of aromatic nitrogens is 4. The molecule has 0 aliphatic carbocycles. The van der Waals surface area contributed by atoms with Gasteiger partial charge in [-0.05, 0) is 49.7 Å². The molecule has 1 amide bonds. The van der Waals surface area contributed by atoms with Gasteiger partial charge in [-0.25, -0.2) is 4.98 Å². The maximum Gasteiger partial charge on any atom is 0.223 e. The van der Waals surface area contributed by atoms with E-state index in [1.165, 1.54) is 11.8 Å². The monoisotopic (exact) mass is 441 g/mol. The molecule has 4 rings (SSSR count). The first-order valence-electron chi connectivity index (χ1n) is 9.63. The minimum Gasteiger partial charge on any atom is -0.335 e. The normalized spacial score (nSPS) is 14.9. The maximum absolute atomic E-state index is 12.8. The van der Waals surface area contributed by atoms with Crippen LogP contribution in [0.1, 0.15) is 35.9 Å². The number of benzene rings is 1. The second-order valence-corrected chi connectivity index (χ2v) is 8.72. The van der Waals surface area contributed by atoms with E-state index >= 15 is 0 Å². The number of carbonyl (C=O) groups excluding carboxylic acids is 2. The largest absolute Gasteiger partial charge is 0.335 e. The molecule has 0 N–H and O–H groups in total. The summed E-state index contributed by atoms with van der Waals surface area (Å²) >= 11 is 7.24. The SMILES string of the molecule is CC(Sc1nnc(CN2CCCC2=O)n1-c1ccccn1)C(=O)c1ccc(Cl)cc1. The lowest BCUT2D eigenvalue weighted by Crippen LogP contribution is -2.26. The van der Waals surface area contributed by atoms with E-state index in [1.54, 1.807) is 35.4 Å². The topological polar surface area (TPSA) is 81.0 Å². The molecule has 1 fully saturated rings. The number of hydrogen-bond acceptors (Lipinski definition) is 6. The fourth-order valence-corrected chi connectivity index (χ4v) is 4.38. The molecule has 154 valence electrons. The molecule has 1 aliphatic rings. The fourth-order valence-electron chi connectivity index (χ4n) is 3.30. The van der Waals surface area contributed by atoms with Gasteiger partial charge in [0.15, 0.2) is 16.8 Å². The summed E-state index contributed by atoms with van der Waals surface area (Å²) in [5.74, 6) is 1.37. The van der Waals surface area contributed by atoms with E-state index in [4.69, 9.17) is 11.6 Å². The highest BCUT2D eigenvalue weighted by Crippen LogP contribution is 2.28. The number of ketones is 1. The van der Waals surface area contributed by atoms with E-state index in [9.17, 15) is 9.59 Å². The van der Waals surface area contributed by atoms with Gasteiger partial charge in [0, 0.05) is 29.7 Å². The van der Waals surface area contributed by atoms with Crippen molar-refractivity contribution in [3.8, 4) is 5.82 Å². The number of carbonyl (C=O) groups is 2. The van der Waals surface area contributed by atoms with Crippen molar-refractivity contribution in [3.63, 3.8) is 0 Å². The zero-order chi connectivity index (χ0) is 21.1. The fraction of sp³-hybridized carbons (Fsp3) is 0.286. The van der Waals surface area contributed by atoms with Crippen molar-refractivity contribution in [2.75, 3.05) is 6.54 Å². The van der Waals surface area contributed by atoms with Gasteiger partial charge in [-0.15, -0.1) is 10.2 Å². The number of hydrogen-bond donors (Lipinski definition) is 0. The van der Waals surface area contributed by atoms with Crippen LogP contribution in [-0.4, -0.2) is 48.1 Å². The molecule has 0 spiro atoms. The Morgan fingerprint density at radius 1 is 1.20 bits per heavy atom. The number of Topliss-reactive ketones (excluding diaryl/α,β-unsaturated/α-hetero) is 1. The first kappa shape index (κ1) is 20.6. The zero-order valence-corrected chi connectivity index (χ0v) is 17.9. The Hall–Kier alpha value is -2.71. The van der Waals surface area contributed by atoms with Crippen molar-refractivity contribution in [3.05, 3.63) is 65.1 Å². The average Bonchev–Trinajstić information content (AvgIpc) is 3.35. The minimum atomic E-state index is -0.390. The lowest BCUT2D eigenvalue weighted by molar-refractivity contribution is -0.128. The third-order valence-corrected chi connectivity index (χ3v) is 6.16. The van der Waals surface area contributed by atoms with Crippen LogP contribution in [0.15, 0.2) is 53.8 Å². The van der Waals surface area contributed by atoms with Crippen LogP contribution in [0.5, 0.6) is 0 Å². The summed E-state index contributed by atoms with van der Waals surface area (Å²) in [5.41, 5.74) is 0.589. The first-order chi connectivity index (χ1) is 14.5. The molecule has 1 aliphatic heterocycles. The Bertz CT molecular complexity index is 1060. The van der Waals surface area contributed by atoms with Crippen molar-refractivity contribution in [1.82, 2.24) is 24.6 Å². The summed E-state index contributed by atoms with van der Waals surface area (Å²) in [6.45, 7) is 2.91. The Kier molecular flexibility index (Phi) is 6.15. The zero-order valence-electron chi connectivity index (χ0n) is 16.4. The number of pyridine rings is 1. The quantitative estimate of drug-likeness (QED) is 0.409.